The molecule has 0 saturated heterocycles. The molecule has 1 atom stereocenters. The Hall–Kier alpha value is -2.61. The van der Waals surface area contributed by atoms with Crippen molar-refractivity contribution in [3.8, 4) is 10.9 Å². The summed E-state index contributed by atoms with van der Waals surface area (Å²) in [5.74, 6) is 1.13. The first-order valence-electron chi connectivity index (χ1n) is 9.82. The molecular weight excluding hydrogens is 455 g/mol. The fourth-order valence-corrected chi connectivity index (χ4v) is 5.47. The van der Waals surface area contributed by atoms with Crippen molar-refractivity contribution < 1.29 is 9.53 Å². The third-order valence-electron chi connectivity index (χ3n) is 5.28. The second kappa shape index (κ2) is 7.82. The largest absolute Gasteiger partial charge is 0.494 e. The monoisotopic (exact) mass is 472 g/mol. The molecule has 1 unspecified atom stereocenters. The van der Waals surface area contributed by atoms with Crippen LogP contribution in [0.4, 0.5) is 5.82 Å². The Balaban J connectivity index is 1.63. The standard InChI is InChI=1S/C22H18Cl2N4O2S/c1-3-30-13-5-7-17-18(9-13)31-22(25-17)28-21-20(11(2)27-28)15(10-19(29)26-21)14-6-4-12(23)8-16(14)24/h4-9,15H,3,10H2,1-2H3,(H,26,29). The zero-order chi connectivity index (χ0) is 21.7. The highest BCUT2D eigenvalue weighted by Crippen LogP contribution is 2.43. The van der Waals surface area contributed by atoms with E-state index in [1.807, 2.05) is 38.1 Å². The minimum Gasteiger partial charge on any atom is -0.494 e. The van der Waals surface area contributed by atoms with Crippen LogP contribution in [0.1, 0.15) is 36.1 Å². The fourth-order valence-electron chi connectivity index (χ4n) is 3.98. The van der Waals surface area contributed by atoms with Gasteiger partial charge in [0.15, 0.2) is 0 Å². The van der Waals surface area contributed by atoms with E-state index in [1.54, 1.807) is 16.8 Å². The van der Waals surface area contributed by atoms with Crippen LogP contribution >= 0.6 is 34.5 Å². The number of amides is 1. The van der Waals surface area contributed by atoms with Crippen molar-refractivity contribution in [3.05, 3.63) is 63.3 Å². The number of aromatic nitrogens is 3. The normalized spacial score (nSPS) is 15.7. The molecule has 1 N–H and O–H groups in total. The van der Waals surface area contributed by atoms with Crippen molar-refractivity contribution in [1.82, 2.24) is 14.8 Å². The summed E-state index contributed by atoms with van der Waals surface area (Å²) in [7, 11) is 0. The van der Waals surface area contributed by atoms with E-state index in [1.165, 1.54) is 11.3 Å². The van der Waals surface area contributed by atoms with Gasteiger partial charge in [-0.2, -0.15) is 9.78 Å². The lowest BCUT2D eigenvalue weighted by atomic mass is 9.86. The molecule has 9 heteroatoms. The highest BCUT2D eigenvalue weighted by molar-refractivity contribution is 7.20. The number of benzene rings is 2. The van der Waals surface area contributed by atoms with Gasteiger partial charge in [-0.15, -0.1) is 0 Å². The van der Waals surface area contributed by atoms with Crippen LogP contribution in [-0.2, 0) is 4.79 Å². The number of halogens is 2. The quantitative estimate of drug-likeness (QED) is 0.397. The number of rotatable bonds is 4. The Morgan fingerprint density at radius 1 is 1.26 bits per heavy atom. The first kappa shape index (κ1) is 20.3. The van der Waals surface area contributed by atoms with Crippen molar-refractivity contribution >= 4 is 56.5 Å². The number of nitrogens with one attached hydrogen (secondary N) is 1. The molecule has 158 valence electrons. The third-order valence-corrected chi connectivity index (χ3v) is 6.84. The summed E-state index contributed by atoms with van der Waals surface area (Å²) < 4.78 is 8.30. The van der Waals surface area contributed by atoms with Gasteiger partial charge in [0.05, 0.1) is 22.5 Å². The summed E-state index contributed by atoms with van der Waals surface area (Å²) >= 11 is 14.0. The summed E-state index contributed by atoms with van der Waals surface area (Å²) in [6, 6.07) is 11.2. The predicted molar refractivity (Wildman–Crippen MR) is 124 cm³/mol. The van der Waals surface area contributed by atoms with Crippen LogP contribution in [-0.4, -0.2) is 27.3 Å². The SMILES string of the molecule is CCOc1ccc2nc(-n3nc(C)c4c3NC(=O)CC4c3ccc(Cl)cc3Cl)sc2c1. The minimum atomic E-state index is -0.207. The molecule has 31 heavy (non-hydrogen) atoms. The maximum atomic E-state index is 12.6. The summed E-state index contributed by atoms with van der Waals surface area (Å²) in [5, 5.41) is 9.48. The van der Waals surface area contributed by atoms with E-state index in [9.17, 15) is 4.79 Å². The Morgan fingerprint density at radius 3 is 2.87 bits per heavy atom. The van der Waals surface area contributed by atoms with Crippen LogP contribution in [0.5, 0.6) is 5.75 Å². The van der Waals surface area contributed by atoms with Gasteiger partial charge in [0, 0.05) is 27.9 Å². The van der Waals surface area contributed by atoms with E-state index in [0.717, 1.165) is 32.8 Å². The van der Waals surface area contributed by atoms with Crippen LogP contribution in [0.25, 0.3) is 15.3 Å². The molecule has 0 radical (unpaired) electrons. The molecule has 0 saturated carbocycles. The summed E-state index contributed by atoms with van der Waals surface area (Å²) in [6.45, 7) is 4.49. The van der Waals surface area contributed by atoms with Gasteiger partial charge < -0.3 is 10.1 Å². The molecule has 0 bridgehead atoms. The second-order valence-corrected chi connectivity index (χ2v) is 9.14. The molecule has 6 nitrogen and oxygen atoms in total. The average molecular weight is 473 g/mol. The van der Waals surface area contributed by atoms with Gasteiger partial charge in [0.1, 0.15) is 11.6 Å². The maximum absolute atomic E-state index is 12.6. The highest BCUT2D eigenvalue weighted by atomic mass is 35.5. The van der Waals surface area contributed by atoms with E-state index >= 15 is 0 Å². The summed E-state index contributed by atoms with van der Waals surface area (Å²) in [4.78, 5) is 17.3. The van der Waals surface area contributed by atoms with Gasteiger partial charge in [-0.05, 0) is 49.7 Å². The van der Waals surface area contributed by atoms with Crippen LogP contribution in [0.3, 0.4) is 0 Å². The summed E-state index contributed by atoms with van der Waals surface area (Å²) in [6.07, 6.45) is 0.290. The van der Waals surface area contributed by atoms with Crippen molar-refractivity contribution in [2.45, 2.75) is 26.2 Å². The molecular formula is C22H18Cl2N4O2S. The van der Waals surface area contributed by atoms with Crippen LogP contribution in [0.15, 0.2) is 36.4 Å². The molecule has 1 amide bonds. The number of nitrogens with zero attached hydrogens (tertiary/aromatic N) is 3. The number of hydrogen-bond acceptors (Lipinski definition) is 5. The molecule has 0 aliphatic carbocycles. The molecule has 2 aromatic carbocycles. The van der Waals surface area contributed by atoms with Crippen molar-refractivity contribution in [2.75, 3.05) is 11.9 Å². The Kier molecular flexibility index (Phi) is 5.12. The maximum Gasteiger partial charge on any atom is 0.226 e. The van der Waals surface area contributed by atoms with E-state index in [0.29, 0.717) is 34.0 Å². The molecule has 0 fully saturated rings. The van der Waals surface area contributed by atoms with Crippen LogP contribution in [0, 0.1) is 6.92 Å². The zero-order valence-electron chi connectivity index (χ0n) is 16.8. The van der Waals surface area contributed by atoms with E-state index in [-0.39, 0.29) is 11.8 Å². The van der Waals surface area contributed by atoms with E-state index < -0.39 is 0 Å². The number of thiazole rings is 1. The van der Waals surface area contributed by atoms with Crippen LogP contribution in [0.2, 0.25) is 10.0 Å². The average Bonchev–Trinajstić information content (AvgIpc) is 3.28. The molecule has 5 rings (SSSR count). The summed E-state index contributed by atoms with van der Waals surface area (Å²) in [5.41, 5.74) is 3.47. The number of carbonyl (C=O) groups excluding carboxylic acids is 1. The van der Waals surface area contributed by atoms with Crippen LogP contribution < -0.4 is 10.1 Å². The first-order chi connectivity index (χ1) is 14.9. The van der Waals surface area contributed by atoms with Gasteiger partial charge in [-0.1, -0.05) is 40.6 Å². The van der Waals surface area contributed by atoms with Crippen molar-refractivity contribution in [1.29, 1.82) is 0 Å². The van der Waals surface area contributed by atoms with E-state index in [2.05, 4.69) is 5.32 Å². The Morgan fingerprint density at radius 2 is 2.10 bits per heavy atom. The van der Waals surface area contributed by atoms with Gasteiger partial charge >= 0.3 is 0 Å². The third kappa shape index (κ3) is 3.56. The molecule has 1 aliphatic heterocycles. The number of hydrogen-bond donors (Lipinski definition) is 1. The number of carbonyl (C=O) groups is 1. The van der Waals surface area contributed by atoms with E-state index in [4.69, 9.17) is 38.0 Å². The predicted octanol–water partition coefficient (Wildman–Crippen LogP) is 5.97. The number of anilines is 1. The number of aryl methyl sites for hydroxylation is 1. The molecule has 1 aliphatic rings. The lowest BCUT2D eigenvalue weighted by Gasteiger charge is -2.24. The molecule has 0 spiro atoms. The molecule has 2 aromatic heterocycles. The fraction of sp³-hybridized carbons (Fsp3) is 0.227. The van der Waals surface area contributed by atoms with Gasteiger partial charge in [-0.3, -0.25) is 4.79 Å². The van der Waals surface area contributed by atoms with Gasteiger partial charge in [-0.25, -0.2) is 4.98 Å². The van der Waals surface area contributed by atoms with Crippen molar-refractivity contribution in [2.24, 2.45) is 0 Å². The smallest absolute Gasteiger partial charge is 0.226 e. The minimum absolute atomic E-state index is 0.0931. The molecule has 3 heterocycles. The second-order valence-electron chi connectivity index (χ2n) is 7.29. The zero-order valence-corrected chi connectivity index (χ0v) is 19.1. The lowest BCUT2D eigenvalue weighted by Crippen LogP contribution is -2.25. The highest BCUT2D eigenvalue weighted by Gasteiger charge is 2.34. The Labute approximate surface area is 192 Å². The molecule has 4 aromatic rings. The first-order valence-corrected chi connectivity index (χ1v) is 11.4. The number of fused-ring (bicyclic) bond motifs is 2. The number of ether oxygens (including phenoxy) is 1. The van der Waals surface area contributed by atoms with Gasteiger partial charge in [0.25, 0.3) is 0 Å². The van der Waals surface area contributed by atoms with Gasteiger partial charge in [0.2, 0.25) is 11.0 Å². The van der Waals surface area contributed by atoms with Crippen molar-refractivity contribution in [3.63, 3.8) is 0 Å². The lowest BCUT2D eigenvalue weighted by molar-refractivity contribution is -0.116. The Bertz CT molecular complexity index is 1330. The topological polar surface area (TPSA) is 69.0 Å².